The fraction of sp³-hybridized carbons (Fsp3) is 0.556. The van der Waals surface area contributed by atoms with Crippen LogP contribution < -0.4 is 0 Å². The van der Waals surface area contributed by atoms with E-state index < -0.39 is 0 Å². The van der Waals surface area contributed by atoms with Crippen molar-refractivity contribution in [2.24, 2.45) is 0 Å². The average molecular weight is 242 g/mol. The van der Waals surface area contributed by atoms with Crippen LogP contribution in [0.3, 0.4) is 0 Å². The van der Waals surface area contributed by atoms with E-state index in [9.17, 15) is 0 Å². The third kappa shape index (κ3) is 2.39. The predicted octanol–water partition coefficient (Wildman–Crippen LogP) is 5.72. The Hall–Kier alpha value is -1.04. The van der Waals surface area contributed by atoms with Crippen LogP contribution in [0.15, 0.2) is 24.3 Å². The fourth-order valence-corrected chi connectivity index (χ4v) is 3.57. The Labute approximate surface area is 112 Å². The highest BCUT2D eigenvalue weighted by Gasteiger charge is 2.21. The average Bonchev–Trinajstić information content (AvgIpc) is 2.59. The predicted molar refractivity (Wildman–Crippen MR) is 81.0 cm³/mol. The molecule has 0 spiro atoms. The third-order valence-corrected chi connectivity index (χ3v) is 4.50. The van der Waals surface area contributed by atoms with Gasteiger partial charge in [0, 0.05) is 0 Å². The second kappa shape index (κ2) is 5.73. The van der Waals surface area contributed by atoms with Crippen molar-refractivity contribution in [2.45, 2.75) is 65.2 Å². The lowest BCUT2D eigenvalue weighted by atomic mass is 9.86. The Morgan fingerprint density at radius 3 is 2.44 bits per heavy atom. The molecule has 1 aromatic carbocycles. The molecule has 2 aliphatic carbocycles. The van der Waals surface area contributed by atoms with Crippen LogP contribution in [0.1, 0.15) is 75.5 Å². The lowest BCUT2D eigenvalue weighted by molar-refractivity contribution is 0.591. The highest BCUT2D eigenvalue weighted by molar-refractivity contribution is 5.74. The molecule has 1 aromatic rings. The summed E-state index contributed by atoms with van der Waals surface area (Å²) in [6, 6.07) is 6.96. The molecule has 1 saturated carbocycles. The van der Waals surface area contributed by atoms with Crippen molar-refractivity contribution < 1.29 is 0 Å². The monoisotopic (exact) mass is 242 g/mol. The van der Waals surface area contributed by atoms with Gasteiger partial charge in [0.1, 0.15) is 0 Å². The van der Waals surface area contributed by atoms with Gasteiger partial charge in [0.05, 0.1) is 0 Å². The van der Waals surface area contributed by atoms with Crippen LogP contribution in [0.5, 0.6) is 0 Å². The Bertz CT molecular complexity index is 431. The van der Waals surface area contributed by atoms with E-state index in [4.69, 9.17) is 0 Å². The fourth-order valence-electron chi connectivity index (χ4n) is 3.57. The Morgan fingerprint density at radius 2 is 1.72 bits per heavy atom. The molecular weight excluding hydrogens is 216 g/mol. The first-order valence-corrected chi connectivity index (χ1v) is 7.15. The molecule has 0 saturated heterocycles. The molecule has 0 heteroatoms. The second-order valence-corrected chi connectivity index (χ2v) is 5.66. The summed E-state index contributed by atoms with van der Waals surface area (Å²) in [5.74, 6) is 0.828. The maximum Gasteiger partial charge on any atom is -0.00854 e. The van der Waals surface area contributed by atoms with E-state index in [-0.39, 0.29) is 7.43 Å². The van der Waals surface area contributed by atoms with Crippen LogP contribution in [0, 0.1) is 0 Å². The minimum atomic E-state index is 0. The van der Waals surface area contributed by atoms with Crippen molar-refractivity contribution in [1.29, 1.82) is 0 Å². The van der Waals surface area contributed by atoms with Crippen LogP contribution in [0.2, 0.25) is 0 Å². The van der Waals surface area contributed by atoms with Gasteiger partial charge in [-0.1, -0.05) is 57.4 Å². The van der Waals surface area contributed by atoms with E-state index in [0.29, 0.717) is 0 Å². The zero-order valence-electron chi connectivity index (χ0n) is 10.8. The van der Waals surface area contributed by atoms with Crippen LogP contribution in [0.4, 0.5) is 0 Å². The number of hydrogen-bond donors (Lipinski definition) is 0. The summed E-state index contributed by atoms with van der Waals surface area (Å²) >= 11 is 0. The summed E-state index contributed by atoms with van der Waals surface area (Å²) in [7, 11) is 0. The molecule has 0 heterocycles. The summed E-state index contributed by atoms with van der Waals surface area (Å²) in [6.45, 7) is 2.28. The number of allylic oxidation sites excluding steroid dienone is 2. The van der Waals surface area contributed by atoms with Crippen LogP contribution in [-0.2, 0) is 6.42 Å². The van der Waals surface area contributed by atoms with Gasteiger partial charge in [0.15, 0.2) is 0 Å². The van der Waals surface area contributed by atoms with E-state index in [0.717, 1.165) is 12.3 Å². The van der Waals surface area contributed by atoms with Gasteiger partial charge < -0.3 is 0 Å². The van der Waals surface area contributed by atoms with Crippen molar-refractivity contribution in [2.75, 3.05) is 0 Å². The molecule has 0 unspecified atom stereocenters. The number of rotatable bonds is 1. The zero-order valence-corrected chi connectivity index (χ0v) is 10.8. The highest BCUT2D eigenvalue weighted by Crippen LogP contribution is 2.39. The van der Waals surface area contributed by atoms with Crippen molar-refractivity contribution in [3.63, 3.8) is 0 Å². The minimum Gasteiger partial charge on any atom is -0.0776 e. The van der Waals surface area contributed by atoms with Gasteiger partial charge in [-0.25, -0.2) is 0 Å². The maximum absolute atomic E-state index is 2.39. The molecule has 2 aliphatic rings. The van der Waals surface area contributed by atoms with E-state index >= 15 is 0 Å². The van der Waals surface area contributed by atoms with Crippen LogP contribution >= 0.6 is 0 Å². The molecular formula is C18H26. The smallest absolute Gasteiger partial charge is 0.00854 e. The van der Waals surface area contributed by atoms with Gasteiger partial charge in [-0.3, -0.25) is 0 Å². The molecule has 0 aliphatic heterocycles. The Kier molecular flexibility index (Phi) is 4.27. The van der Waals surface area contributed by atoms with Gasteiger partial charge in [-0.15, -0.1) is 0 Å². The normalized spacial score (nSPS) is 19.7. The number of benzene rings is 1. The largest absolute Gasteiger partial charge is 0.0776 e. The molecule has 0 amide bonds. The molecule has 0 N–H and O–H groups in total. The van der Waals surface area contributed by atoms with Crippen LogP contribution in [0.25, 0.3) is 5.57 Å². The molecule has 98 valence electrons. The molecule has 3 rings (SSSR count). The molecule has 0 atom stereocenters. The van der Waals surface area contributed by atoms with E-state index in [1.54, 1.807) is 16.7 Å². The van der Waals surface area contributed by atoms with Gasteiger partial charge in [0.2, 0.25) is 0 Å². The lowest BCUT2D eigenvalue weighted by Gasteiger charge is -2.19. The second-order valence-electron chi connectivity index (χ2n) is 5.66. The van der Waals surface area contributed by atoms with Crippen molar-refractivity contribution >= 4 is 5.57 Å². The Morgan fingerprint density at radius 1 is 1.00 bits per heavy atom. The van der Waals surface area contributed by atoms with Gasteiger partial charge in [-0.05, 0) is 54.4 Å². The van der Waals surface area contributed by atoms with E-state index in [1.165, 1.54) is 44.1 Å². The molecule has 0 aromatic heterocycles. The van der Waals surface area contributed by atoms with E-state index in [2.05, 4.69) is 31.2 Å². The first-order valence-electron chi connectivity index (χ1n) is 7.15. The first kappa shape index (κ1) is 13.4. The topological polar surface area (TPSA) is 0 Å². The lowest BCUT2D eigenvalue weighted by Crippen LogP contribution is -2.02. The highest BCUT2D eigenvalue weighted by atomic mass is 14.3. The first-order chi connectivity index (χ1) is 8.36. The summed E-state index contributed by atoms with van der Waals surface area (Å²) < 4.78 is 0. The third-order valence-electron chi connectivity index (χ3n) is 4.50. The summed E-state index contributed by atoms with van der Waals surface area (Å²) in [6.07, 6.45) is 12.1. The summed E-state index contributed by atoms with van der Waals surface area (Å²) in [4.78, 5) is 0. The van der Waals surface area contributed by atoms with Crippen molar-refractivity contribution in [3.05, 3.63) is 41.0 Å². The summed E-state index contributed by atoms with van der Waals surface area (Å²) in [5, 5.41) is 0. The van der Waals surface area contributed by atoms with E-state index in [1.807, 2.05) is 0 Å². The van der Waals surface area contributed by atoms with Gasteiger partial charge >= 0.3 is 0 Å². The van der Waals surface area contributed by atoms with Crippen molar-refractivity contribution in [1.82, 2.24) is 0 Å². The quantitative estimate of drug-likeness (QED) is 0.552. The molecule has 0 radical (unpaired) electrons. The minimum absolute atomic E-state index is 0. The zero-order chi connectivity index (χ0) is 11.7. The summed E-state index contributed by atoms with van der Waals surface area (Å²) in [5.41, 5.74) is 6.32. The molecule has 18 heavy (non-hydrogen) atoms. The number of fused-ring (bicyclic) bond motifs is 1. The van der Waals surface area contributed by atoms with Crippen LogP contribution in [-0.4, -0.2) is 0 Å². The number of hydrogen-bond acceptors (Lipinski definition) is 0. The van der Waals surface area contributed by atoms with Gasteiger partial charge in [0.25, 0.3) is 0 Å². The standard InChI is InChI=1S/C17H22.CH4/c1-13-11-12-15-9-6-10-16(17(13)15)14-7-4-2-3-5-8-14;/h6,9-11,14H,2-5,7-8,12H2,1H3;1H4. The molecule has 1 fully saturated rings. The molecule has 0 bridgehead atoms. The van der Waals surface area contributed by atoms with Crippen molar-refractivity contribution in [3.8, 4) is 0 Å². The molecule has 0 nitrogen and oxygen atoms in total. The SMILES string of the molecule is C.CC1=CCc2cccc(C3CCCCCC3)c21. The Balaban J connectivity index is 0.00000120. The van der Waals surface area contributed by atoms with Gasteiger partial charge in [-0.2, -0.15) is 0 Å². The maximum atomic E-state index is 2.39.